The van der Waals surface area contributed by atoms with E-state index in [0.29, 0.717) is 36.2 Å². The van der Waals surface area contributed by atoms with Crippen LogP contribution in [0.2, 0.25) is 0 Å². The Balaban J connectivity index is 1.36. The van der Waals surface area contributed by atoms with Gasteiger partial charge in [-0.1, -0.05) is 0 Å². The number of amides is 5. The van der Waals surface area contributed by atoms with Crippen LogP contribution >= 0.6 is 0 Å². The number of carbonyl (C=O) groups is 4. The lowest BCUT2D eigenvalue weighted by Gasteiger charge is -2.42. The zero-order valence-corrected chi connectivity index (χ0v) is 23.1. The number of urea groups is 1. The lowest BCUT2D eigenvalue weighted by atomic mass is 9.85. The Morgan fingerprint density at radius 1 is 1.07 bits per heavy atom. The molecule has 0 aromatic heterocycles. The lowest BCUT2D eigenvalue weighted by molar-refractivity contribution is -0.137. The molecule has 14 heteroatoms. The van der Waals surface area contributed by atoms with Gasteiger partial charge in [0, 0.05) is 25.3 Å². The molecule has 0 aliphatic carbocycles. The Morgan fingerprint density at radius 2 is 1.74 bits per heavy atom. The van der Waals surface area contributed by atoms with Crippen LogP contribution in [0.5, 0.6) is 5.75 Å². The maximum atomic E-state index is 14.0. The van der Waals surface area contributed by atoms with E-state index in [4.69, 9.17) is 4.74 Å². The van der Waals surface area contributed by atoms with E-state index >= 15 is 0 Å². The Morgan fingerprint density at radius 3 is 2.36 bits per heavy atom. The van der Waals surface area contributed by atoms with Crippen molar-refractivity contribution in [1.29, 1.82) is 0 Å². The summed E-state index contributed by atoms with van der Waals surface area (Å²) in [6.07, 6.45) is -3.72. The third-order valence-electron chi connectivity index (χ3n) is 7.27. The number of rotatable bonds is 9. The van der Waals surface area contributed by atoms with Crippen molar-refractivity contribution in [3.8, 4) is 5.75 Å². The monoisotopic (exact) mass is 593 g/mol. The van der Waals surface area contributed by atoms with E-state index in [-0.39, 0.29) is 25.9 Å². The molecule has 0 radical (unpaired) electrons. The Kier molecular flexibility index (Phi) is 9.04. The van der Waals surface area contributed by atoms with Crippen LogP contribution in [0.3, 0.4) is 0 Å². The molecular weight excluding hydrogens is 562 g/mol. The van der Waals surface area contributed by atoms with E-state index in [0.717, 1.165) is 13.0 Å². The van der Waals surface area contributed by atoms with Gasteiger partial charge in [-0.05, 0) is 75.8 Å². The van der Waals surface area contributed by atoms with Crippen LogP contribution in [0.15, 0.2) is 42.5 Å². The van der Waals surface area contributed by atoms with Gasteiger partial charge in [-0.15, -0.1) is 0 Å². The molecule has 2 aromatic carbocycles. The fourth-order valence-electron chi connectivity index (χ4n) is 5.01. The minimum Gasteiger partial charge on any atom is -0.494 e. The summed E-state index contributed by atoms with van der Waals surface area (Å²) in [5, 5.41) is 4.51. The van der Waals surface area contributed by atoms with Gasteiger partial charge in [0.15, 0.2) is 0 Å². The fourth-order valence-corrected chi connectivity index (χ4v) is 5.01. The lowest BCUT2D eigenvalue weighted by Crippen LogP contribution is -2.58. The molecule has 2 fully saturated rings. The number of hydrogen-bond donors (Lipinski definition) is 2. The molecule has 0 atom stereocenters. The molecule has 10 nitrogen and oxygen atoms in total. The topological polar surface area (TPSA) is 111 Å². The molecule has 1 spiro atoms. The summed E-state index contributed by atoms with van der Waals surface area (Å²) < 4.78 is 58.6. The average molecular weight is 594 g/mol. The number of benzene rings is 2. The van der Waals surface area contributed by atoms with Crippen LogP contribution in [0, 0.1) is 5.82 Å². The molecule has 2 aromatic rings. The molecule has 2 aliphatic rings. The van der Waals surface area contributed by atoms with E-state index in [1.54, 1.807) is 24.3 Å². The van der Waals surface area contributed by atoms with E-state index in [2.05, 4.69) is 10.6 Å². The van der Waals surface area contributed by atoms with Gasteiger partial charge < -0.3 is 19.9 Å². The summed E-state index contributed by atoms with van der Waals surface area (Å²) in [5.41, 5.74) is -2.78. The van der Waals surface area contributed by atoms with Crippen LogP contribution in [0.4, 0.5) is 28.0 Å². The van der Waals surface area contributed by atoms with Gasteiger partial charge in [-0.2, -0.15) is 13.2 Å². The second kappa shape index (κ2) is 12.3. The molecular formula is C28H31F4N5O5. The molecule has 4 rings (SSSR count). The smallest absolute Gasteiger partial charge is 0.416 e. The van der Waals surface area contributed by atoms with Crippen molar-refractivity contribution in [3.05, 3.63) is 59.4 Å². The van der Waals surface area contributed by atoms with Gasteiger partial charge in [0.05, 0.1) is 24.3 Å². The first kappa shape index (κ1) is 30.8. The van der Waals surface area contributed by atoms with E-state index in [9.17, 15) is 36.7 Å². The Labute approximate surface area is 239 Å². The number of imide groups is 1. The van der Waals surface area contributed by atoms with Crippen molar-refractivity contribution in [2.45, 2.75) is 31.0 Å². The van der Waals surface area contributed by atoms with Gasteiger partial charge in [-0.25, -0.2) is 9.18 Å². The maximum Gasteiger partial charge on any atom is 0.416 e. The number of ether oxygens (including phenoxy) is 1. The predicted molar refractivity (Wildman–Crippen MR) is 143 cm³/mol. The first-order valence-corrected chi connectivity index (χ1v) is 13.3. The van der Waals surface area contributed by atoms with E-state index in [1.165, 1.54) is 9.80 Å². The highest BCUT2D eigenvalue weighted by Crippen LogP contribution is 2.38. The summed E-state index contributed by atoms with van der Waals surface area (Å²) in [7, 11) is 3.94. The largest absolute Gasteiger partial charge is 0.494 e. The summed E-state index contributed by atoms with van der Waals surface area (Å²) in [5.74, 6) is -2.77. The average Bonchev–Trinajstić information content (AvgIpc) is 3.17. The molecule has 42 heavy (non-hydrogen) atoms. The quantitative estimate of drug-likeness (QED) is 0.263. The standard InChI is InChI=1S/C28H31F4N5O5/c1-35(2)12-3-15-42-20-7-5-19(6-8-20)37-26(41)34-25(40)27(37)10-13-36(14-11-27)23(38)17-33-24(39)21-16-18(28(30,31)32)4-9-22(21)29/h4-9,16H,3,10-15,17H2,1-2H3,(H,33,39)(H,34,40,41). The number of alkyl halides is 3. The zero-order valence-electron chi connectivity index (χ0n) is 23.1. The van der Waals surface area contributed by atoms with Crippen molar-refractivity contribution >= 4 is 29.4 Å². The number of nitrogens with zero attached hydrogens (tertiary/aromatic N) is 3. The third kappa shape index (κ3) is 6.64. The van der Waals surface area contributed by atoms with Crippen LogP contribution in [0.25, 0.3) is 0 Å². The minimum absolute atomic E-state index is 0.0664. The Bertz CT molecular complexity index is 1340. The predicted octanol–water partition coefficient (Wildman–Crippen LogP) is 3.02. The number of halogens is 4. The van der Waals surface area contributed by atoms with Crippen molar-refractivity contribution in [3.63, 3.8) is 0 Å². The minimum atomic E-state index is -4.77. The fraction of sp³-hybridized carbons (Fsp3) is 0.429. The second-order valence-corrected chi connectivity index (χ2v) is 10.4. The molecule has 0 unspecified atom stereocenters. The number of nitrogens with one attached hydrogen (secondary N) is 2. The van der Waals surface area contributed by atoms with Crippen LogP contribution < -0.4 is 20.3 Å². The van der Waals surface area contributed by atoms with Gasteiger partial charge >= 0.3 is 12.2 Å². The zero-order chi connectivity index (χ0) is 30.7. The summed E-state index contributed by atoms with van der Waals surface area (Å²) in [6, 6.07) is 7.64. The van der Waals surface area contributed by atoms with Gasteiger partial charge in [0.25, 0.3) is 11.8 Å². The first-order chi connectivity index (χ1) is 19.8. The summed E-state index contributed by atoms with van der Waals surface area (Å²) >= 11 is 0. The second-order valence-electron chi connectivity index (χ2n) is 10.4. The molecule has 2 saturated heterocycles. The van der Waals surface area contributed by atoms with Gasteiger partial charge in [0.2, 0.25) is 5.91 Å². The number of piperidine rings is 1. The van der Waals surface area contributed by atoms with Gasteiger partial charge in [0.1, 0.15) is 17.1 Å². The molecule has 0 bridgehead atoms. The molecule has 0 saturated carbocycles. The maximum absolute atomic E-state index is 14.0. The molecule has 2 aliphatic heterocycles. The summed E-state index contributed by atoms with van der Waals surface area (Å²) in [6.45, 7) is 0.931. The van der Waals surface area contributed by atoms with Crippen LogP contribution in [-0.2, 0) is 15.8 Å². The van der Waals surface area contributed by atoms with E-state index in [1.807, 2.05) is 19.0 Å². The van der Waals surface area contributed by atoms with Gasteiger partial charge in [-0.3, -0.25) is 24.6 Å². The summed E-state index contributed by atoms with van der Waals surface area (Å²) in [4.78, 5) is 55.6. The SMILES string of the molecule is CN(C)CCCOc1ccc(N2C(=O)NC(=O)C23CCN(C(=O)CNC(=O)c2cc(C(F)(F)F)ccc2F)CC3)cc1. The highest BCUT2D eigenvalue weighted by atomic mass is 19.4. The van der Waals surface area contributed by atoms with Crippen molar-refractivity contribution < 1.29 is 41.5 Å². The highest BCUT2D eigenvalue weighted by Gasteiger charge is 2.55. The van der Waals surface area contributed by atoms with E-state index < -0.39 is 59.0 Å². The highest BCUT2D eigenvalue weighted by molar-refractivity contribution is 6.17. The first-order valence-electron chi connectivity index (χ1n) is 13.3. The molecule has 2 heterocycles. The number of anilines is 1. The number of likely N-dealkylation sites (tertiary alicyclic amines) is 1. The third-order valence-corrected chi connectivity index (χ3v) is 7.27. The Hall–Kier alpha value is -4.20. The number of hydrogen-bond acceptors (Lipinski definition) is 6. The molecule has 226 valence electrons. The van der Waals surface area contributed by atoms with Crippen molar-refractivity contribution in [2.24, 2.45) is 0 Å². The van der Waals surface area contributed by atoms with Crippen molar-refractivity contribution in [1.82, 2.24) is 20.4 Å². The molecule has 5 amide bonds. The van der Waals surface area contributed by atoms with Crippen LogP contribution in [-0.4, -0.2) is 86.0 Å². The van der Waals surface area contributed by atoms with Crippen molar-refractivity contribution in [2.75, 3.05) is 51.8 Å². The molecule has 2 N–H and O–H groups in total. The normalized spacial score (nSPS) is 16.6. The number of carbonyl (C=O) groups excluding carboxylic acids is 4. The van der Waals surface area contributed by atoms with Crippen LogP contribution in [0.1, 0.15) is 35.2 Å².